The van der Waals surface area contributed by atoms with Crippen LogP contribution in [0.2, 0.25) is 0 Å². The number of halogens is 1. The molecule has 0 spiro atoms. The maximum Gasteiger partial charge on any atom is 0.254 e. The summed E-state index contributed by atoms with van der Waals surface area (Å²) in [5.74, 6) is -0.239. The van der Waals surface area contributed by atoms with Crippen LogP contribution in [-0.2, 0) is 4.79 Å². The highest BCUT2D eigenvalue weighted by Gasteiger charge is 2.35. The second-order valence-electron chi connectivity index (χ2n) is 5.16. The van der Waals surface area contributed by atoms with Crippen LogP contribution in [0.5, 0.6) is 0 Å². The van der Waals surface area contributed by atoms with Crippen molar-refractivity contribution in [2.24, 2.45) is 5.92 Å². The van der Waals surface area contributed by atoms with Gasteiger partial charge in [0.2, 0.25) is 5.91 Å². The van der Waals surface area contributed by atoms with Gasteiger partial charge in [0.1, 0.15) is 6.04 Å². The second-order valence-corrected chi connectivity index (χ2v) is 5.42. The molecule has 0 aliphatic carbocycles. The van der Waals surface area contributed by atoms with E-state index in [-0.39, 0.29) is 17.7 Å². The van der Waals surface area contributed by atoms with Crippen molar-refractivity contribution < 1.29 is 9.59 Å². The van der Waals surface area contributed by atoms with E-state index in [0.29, 0.717) is 17.8 Å². The number of hydrogen-bond donors (Lipinski definition) is 1. The average Bonchev–Trinajstić information content (AvgIpc) is 2.61. The van der Waals surface area contributed by atoms with Crippen molar-refractivity contribution >= 4 is 29.1 Å². The first-order valence-electron chi connectivity index (χ1n) is 7.06. The molecule has 0 radical (unpaired) electrons. The molecule has 1 N–H and O–H groups in total. The van der Waals surface area contributed by atoms with Crippen LogP contribution in [0, 0.1) is 5.92 Å². The molecule has 2 unspecified atom stereocenters. The van der Waals surface area contributed by atoms with Gasteiger partial charge in [-0.1, -0.05) is 50.1 Å². The van der Waals surface area contributed by atoms with Gasteiger partial charge in [-0.05, 0) is 18.1 Å². The summed E-state index contributed by atoms with van der Waals surface area (Å²) in [5.41, 5.74) is 2.52. The van der Waals surface area contributed by atoms with E-state index in [1.807, 2.05) is 19.9 Å². The van der Waals surface area contributed by atoms with E-state index < -0.39 is 6.04 Å². The lowest BCUT2D eigenvalue weighted by Gasteiger charge is -2.27. The quantitative estimate of drug-likeness (QED) is 0.930. The van der Waals surface area contributed by atoms with Crippen LogP contribution in [0.3, 0.4) is 0 Å². The van der Waals surface area contributed by atoms with E-state index in [2.05, 4.69) is 5.32 Å². The lowest BCUT2D eigenvalue weighted by molar-refractivity contribution is -0.121. The Bertz CT molecular complexity index is 571. The van der Waals surface area contributed by atoms with Crippen LogP contribution in [0.1, 0.15) is 30.6 Å². The molecule has 1 aromatic rings. The van der Waals surface area contributed by atoms with Crippen molar-refractivity contribution in [1.29, 1.82) is 0 Å². The molecule has 4 nitrogen and oxygen atoms in total. The number of nitrogens with one attached hydrogen (secondary N) is 1. The predicted molar refractivity (Wildman–Crippen MR) is 84.5 cm³/mol. The summed E-state index contributed by atoms with van der Waals surface area (Å²) in [5, 5.41) is 2.85. The van der Waals surface area contributed by atoms with Crippen LogP contribution in [0.25, 0.3) is 0 Å². The van der Waals surface area contributed by atoms with Gasteiger partial charge in [0, 0.05) is 12.1 Å². The lowest BCUT2D eigenvalue weighted by Crippen LogP contribution is -2.49. The molecule has 2 rings (SSSR count). The van der Waals surface area contributed by atoms with Crippen LogP contribution >= 0.6 is 11.6 Å². The number of benzene rings is 1. The topological polar surface area (TPSA) is 49.4 Å². The van der Waals surface area contributed by atoms with Gasteiger partial charge in [0.15, 0.2) is 0 Å². The van der Waals surface area contributed by atoms with Gasteiger partial charge in [0.25, 0.3) is 5.91 Å². The van der Waals surface area contributed by atoms with Crippen LogP contribution < -0.4 is 10.2 Å². The molecule has 1 aliphatic heterocycles. The number of amides is 2. The summed E-state index contributed by atoms with van der Waals surface area (Å²) in [4.78, 5) is 26.8. The first kappa shape index (κ1) is 15.6. The molecule has 0 fully saturated rings. The SMILES string of the molecule is CCC(C)C1NC(=O)c2ccccc2N(C/C=C/Cl)C1=O. The Labute approximate surface area is 129 Å². The van der Waals surface area contributed by atoms with Crippen molar-refractivity contribution in [2.45, 2.75) is 26.3 Å². The molecule has 2 atom stereocenters. The summed E-state index contributed by atoms with van der Waals surface area (Å²) in [6.07, 6.45) is 2.51. The fourth-order valence-corrected chi connectivity index (χ4v) is 2.50. The van der Waals surface area contributed by atoms with Crippen molar-refractivity contribution in [1.82, 2.24) is 5.32 Å². The Morgan fingerprint density at radius 2 is 2.10 bits per heavy atom. The van der Waals surface area contributed by atoms with E-state index in [1.54, 1.807) is 29.2 Å². The van der Waals surface area contributed by atoms with Gasteiger partial charge >= 0.3 is 0 Å². The highest BCUT2D eigenvalue weighted by Crippen LogP contribution is 2.26. The number of anilines is 1. The second kappa shape index (κ2) is 6.76. The van der Waals surface area contributed by atoms with Crippen molar-refractivity contribution in [3.05, 3.63) is 41.4 Å². The van der Waals surface area contributed by atoms with E-state index in [1.165, 1.54) is 5.54 Å². The highest BCUT2D eigenvalue weighted by atomic mass is 35.5. The molecule has 0 saturated carbocycles. The highest BCUT2D eigenvalue weighted by molar-refractivity contribution is 6.25. The molecule has 0 aromatic heterocycles. The van der Waals surface area contributed by atoms with Gasteiger partial charge in [-0.3, -0.25) is 9.59 Å². The third-order valence-electron chi connectivity index (χ3n) is 3.85. The molecule has 0 bridgehead atoms. The number of hydrogen-bond acceptors (Lipinski definition) is 2. The minimum absolute atomic E-state index is 0.0678. The zero-order valence-corrected chi connectivity index (χ0v) is 12.9. The summed E-state index contributed by atoms with van der Waals surface area (Å²) < 4.78 is 0. The Hall–Kier alpha value is -1.81. The van der Waals surface area contributed by atoms with E-state index in [0.717, 1.165) is 6.42 Å². The molecule has 112 valence electrons. The smallest absolute Gasteiger partial charge is 0.254 e. The Balaban J connectivity index is 2.48. The monoisotopic (exact) mass is 306 g/mol. The van der Waals surface area contributed by atoms with E-state index in [4.69, 9.17) is 11.6 Å². The zero-order valence-electron chi connectivity index (χ0n) is 12.2. The molecular weight excluding hydrogens is 288 g/mol. The van der Waals surface area contributed by atoms with E-state index in [9.17, 15) is 9.59 Å². The molecule has 1 heterocycles. The average molecular weight is 307 g/mol. The maximum atomic E-state index is 12.8. The molecule has 2 amide bonds. The van der Waals surface area contributed by atoms with Crippen molar-refractivity contribution in [2.75, 3.05) is 11.4 Å². The summed E-state index contributed by atoms with van der Waals surface area (Å²) >= 11 is 5.59. The normalized spacial score (nSPS) is 20.1. The van der Waals surface area contributed by atoms with Crippen LogP contribution in [0.4, 0.5) is 5.69 Å². The molecule has 1 aromatic carbocycles. The van der Waals surface area contributed by atoms with Crippen LogP contribution in [-0.4, -0.2) is 24.4 Å². The number of rotatable bonds is 4. The largest absolute Gasteiger partial charge is 0.340 e. The number of fused-ring (bicyclic) bond motifs is 1. The summed E-state index contributed by atoms with van der Waals surface area (Å²) in [6, 6.07) is 6.61. The first-order valence-corrected chi connectivity index (χ1v) is 7.50. The van der Waals surface area contributed by atoms with Crippen molar-refractivity contribution in [3.8, 4) is 0 Å². The Morgan fingerprint density at radius 1 is 1.38 bits per heavy atom. The van der Waals surface area contributed by atoms with Crippen LogP contribution in [0.15, 0.2) is 35.9 Å². The Morgan fingerprint density at radius 3 is 2.76 bits per heavy atom. The summed E-state index contributed by atoms with van der Waals surface area (Å²) in [6.45, 7) is 4.32. The van der Waals surface area contributed by atoms with Crippen molar-refractivity contribution in [3.63, 3.8) is 0 Å². The fraction of sp³-hybridized carbons (Fsp3) is 0.375. The minimum Gasteiger partial charge on any atom is -0.340 e. The number of carbonyl (C=O) groups is 2. The molecule has 5 heteroatoms. The molecule has 1 aliphatic rings. The van der Waals surface area contributed by atoms with Gasteiger partial charge in [-0.2, -0.15) is 0 Å². The standard InChI is InChI=1S/C16H19ClN2O2/c1-3-11(2)14-16(21)19(10-6-9-17)13-8-5-4-7-12(13)15(20)18-14/h4-9,11,14H,3,10H2,1-2H3,(H,18,20)/b9-6+. The minimum atomic E-state index is -0.515. The fourth-order valence-electron chi connectivity index (χ4n) is 2.42. The van der Waals surface area contributed by atoms with Gasteiger partial charge in [-0.15, -0.1) is 0 Å². The number of carbonyl (C=O) groups excluding carboxylic acids is 2. The lowest BCUT2D eigenvalue weighted by atomic mass is 9.98. The number of para-hydroxylation sites is 1. The van der Waals surface area contributed by atoms with Gasteiger partial charge in [-0.25, -0.2) is 0 Å². The molecule has 21 heavy (non-hydrogen) atoms. The maximum absolute atomic E-state index is 12.8. The Kier molecular flexibility index (Phi) is 5.02. The molecular formula is C16H19ClN2O2. The third kappa shape index (κ3) is 3.10. The number of nitrogens with zero attached hydrogens (tertiary/aromatic N) is 1. The molecule has 0 saturated heterocycles. The summed E-state index contributed by atoms with van der Waals surface area (Å²) in [7, 11) is 0. The van der Waals surface area contributed by atoms with Gasteiger partial charge in [0.05, 0.1) is 11.3 Å². The first-order chi connectivity index (χ1) is 10.1. The van der Waals surface area contributed by atoms with E-state index >= 15 is 0 Å². The zero-order chi connectivity index (χ0) is 15.4. The van der Waals surface area contributed by atoms with Gasteiger partial charge < -0.3 is 10.2 Å². The predicted octanol–water partition coefficient (Wildman–Crippen LogP) is 2.93. The third-order valence-corrected chi connectivity index (χ3v) is 4.03.